The van der Waals surface area contributed by atoms with Gasteiger partial charge in [0.1, 0.15) is 0 Å². The fourth-order valence-electron chi connectivity index (χ4n) is 1.09. The average Bonchev–Trinajstić information content (AvgIpc) is 2.13. The van der Waals surface area contributed by atoms with Crippen LogP contribution in [0.2, 0.25) is 0 Å². The highest BCUT2D eigenvalue weighted by atomic mass is 32.2. The second-order valence-electron chi connectivity index (χ2n) is 2.54. The van der Waals surface area contributed by atoms with Crippen molar-refractivity contribution in [2.75, 3.05) is 12.0 Å². The molecule has 0 radical (unpaired) electrons. The van der Waals surface area contributed by atoms with Gasteiger partial charge in [-0.05, 0) is 12.8 Å². The first-order valence-electron chi connectivity index (χ1n) is 3.28. The van der Waals surface area contributed by atoms with Crippen molar-refractivity contribution in [1.29, 1.82) is 0 Å². The average molecular weight is 177 g/mol. The topological polar surface area (TPSA) is 29.1 Å². The molecule has 10 heavy (non-hydrogen) atoms. The summed E-state index contributed by atoms with van der Waals surface area (Å²) in [6, 6.07) is 0.373. The van der Waals surface area contributed by atoms with Gasteiger partial charge in [-0.15, -0.1) is 0 Å². The lowest BCUT2D eigenvalue weighted by Crippen LogP contribution is -2.29. The van der Waals surface area contributed by atoms with Gasteiger partial charge in [-0.2, -0.15) is 0 Å². The third-order valence-corrected chi connectivity index (χ3v) is 2.71. The van der Waals surface area contributed by atoms with Crippen molar-refractivity contribution in [1.82, 2.24) is 5.32 Å². The molecule has 1 fully saturated rings. The number of rotatable bonds is 2. The highest BCUT2D eigenvalue weighted by Gasteiger charge is 2.18. The van der Waals surface area contributed by atoms with Gasteiger partial charge in [0.05, 0.1) is 4.99 Å². The predicted octanol–water partition coefficient (Wildman–Crippen LogP) is 0.444. The van der Waals surface area contributed by atoms with Crippen LogP contribution in [0.5, 0.6) is 0 Å². The van der Waals surface area contributed by atoms with E-state index in [1.165, 1.54) is 0 Å². The van der Waals surface area contributed by atoms with Gasteiger partial charge in [-0.1, -0.05) is 12.2 Å². The van der Waals surface area contributed by atoms with E-state index in [-0.39, 0.29) is 0 Å². The number of hydrogen-bond donors (Lipinski definition) is 1. The molecule has 4 heteroatoms. The molecule has 0 saturated carbocycles. The van der Waals surface area contributed by atoms with Crippen LogP contribution >= 0.6 is 12.2 Å². The lowest BCUT2D eigenvalue weighted by Gasteiger charge is -2.06. The van der Waals surface area contributed by atoms with Crippen LogP contribution in [0.25, 0.3) is 0 Å². The Labute approximate surface area is 68.8 Å². The SMILES string of the molecule is CS(=O)CC1CCC(=S)N1. The molecule has 0 aliphatic carbocycles. The van der Waals surface area contributed by atoms with Crippen molar-refractivity contribution in [2.24, 2.45) is 0 Å². The van der Waals surface area contributed by atoms with Crippen molar-refractivity contribution in [3.63, 3.8) is 0 Å². The third kappa shape index (κ3) is 2.34. The van der Waals surface area contributed by atoms with Crippen LogP contribution in [-0.2, 0) is 10.8 Å². The third-order valence-electron chi connectivity index (χ3n) is 1.52. The molecule has 2 unspecified atom stereocenters. The van der Waals surface area contributed by atoms with Crippen LogP contribution < -0.4 is 5.32 Å². The Bertz CT molecular complexity index is 169. The lowest BCUT2D eigenvalue weighted by molar-refractivity contribution is 0.659. The fourth-order valence-corrected chi connectivity index (χ4v) is 2.19. The minimum absolute atomic E-state index is 0.373. The van der Waals surface area contributed by atoms with Crippen LogP contribution in [0.1, 0.15) is 12.8 Å². The molecule has 1 N–H and O–H groups in total. The summed E-state index contributed by atoms with van der Waals surface area (Å²) >= 11 is 4.94. The Balaban J connectivity index is 2.31. The number of thiocarbonyl (C=S) groups is 1. The van der Waals surface area contributed by atoms with Crippen LogP contribution in [0.3, 0.4) is 0 Å². The summed E-state index contributed by atoms with van der Waals surface area (Å²) in [5.74, 6) is 0.736. The maximum absolute atomic E-state index is 10.7. The van der Waals surface area contributed by atoms with Gasteiger partial charge < -0.3 is 5.32 Å². The van der Waals surface area contributed by atoms with Crippen LogP contribution in [0, 0.1) is 0 Å². The van der Waals surface area contributed by atoms with Gasteiger partial charge in [-0.25, -0.2) is 0 Å². The quantitative estimate of drug-likeness (QED) is 0.621. The first kappa shape index (κ1) is 8.14. The molecular formula is C6H11NOS2. The summed E-state index contributed by atoms with van der Waals surface area (Å²) in [6.07, 6.45) is 3.75. The van der Waals surface area contributed by atoms with Gasteiger partial charge in [0.15, 0.2) is 0 Å². The molecule has 2 atom stereocenters. The van der Waals surface area contributed by atoms with Gasteiger partial charge >= 0.3 is 0 Å². The smallest absolute Gasteiger partial charge is 0.0756 e. The Morgan fingerprint density at radius 1 is 1.90 bits per heavy atom. The van der Waals surface area contributed by atoms with E-state index in [0.717, 1.165) is 23.6 Å². The molecular weight excluding hydrogens is 166 g/mol. The van der Waals surface area contributed by atoms with Crippen molar-refractivity contribution in [2.45, 2.75) is 18.9 Å². The fraction of sp³-hybridized carbons (Fsp3) is 0.833. The van der Waals surface area contributed by atoms with Crippen LogP contribution in [-0.4, -0.2) is 27.2 Å². The van der Waals surface area contributed by atoms with Crippen LogP contribution in [0.15, 0.2) is 0 Å². The molecule has 1 aliphatic rings. The minimum atomic E-state index is -0.692. The zero-order valence-electron chi connectivity index (χ0n) is 5.92. The Hall–Kier alpha value is 0.0400. The molecule has 2 nitrogen and oxygen atoms in total. The summed E-state index contributed by atoms with van der Waals surface area (Å²) in [6.45, 7) is 0. The molecule has 1 rings (SSSR count). The van der Waals surface area contributed by atoms with Crippen molar-refractivity contribution >= 4 is 28.0 Å². The Morgan fingerprint density at radius 3 is 3.00 bits per heavy atom. The van der Waals surface area contributed by atoms with Crippen molar-refractivity contribution < 1.29 is 4.21 Å². The number of hydrogen-bond acceptors (Lipinski definition) is 2. The lowest BCUT2D eigenvalue weighted by atomic mass is 10.3. The first-order chi connectivity index (χ1) is 4.68. The number of nitrogens with one attached hydrogen (secondary N) is 1. The van der Waals surface area contributed by atoms with Gasteiger partial charge in [0.25, 0.3) is 0 Å². The maximum Gasteiger partial charge on any atom is 0.0756 e. The largest absolute Gasteiger partial charge is 0.376 e. The normalized spacial score (nSPS) is 28.1. The van der Waals surface area contributed by atoms with E-state index in [9.17, 15) is 4.21 Å². The molecule has 0 aromatic heterocycles. The minimum Gasteiger partial charge on any atom is -0.376 e. The van der Waals surface area contributed by atoms with E-state index in [2.05, 4.69) is 5.32 Å². The summed E-state index contributed by atoms with van der Waals surface area (Å²) in [5, 5.41) is 3.12. The van der Waals surface area contributed by atoms with E-state index in [1.807, 2.05) is 0 Å². The van der Waals surface area contributed by atoms with E-state index < -0.39 is 10.8 Å². The molecule has 0 amide bonds. The predicted molar refractivity (Wildman–Crippen MR) is 47.7 cm³/mol. The Morgan fingerprint density at radius 2 is 2.60 bits per heavy atom. The zero-order valence-corrected chi connectivity index (χ0v) is 7.56. The molecule has 0 bridgehead atoms. The van der Waals surface area contributed by atoms with E-state index in [0.29, 0.717) is 6.04 Å². The van der Waals surface area contributed by atoms with Crippen molar-refractivity contribution in [3.05, 3.63) is 0 Å². The van der Waals surface area contributed by atoms with Gasteiger partial charge in [0, 0.05) is 28.9 Å². The summed E-state index contributed by atoms with van der Waals surface area (Å²) in [5.41, 5.74) is 0. The second-order valence-corrected chi connectivity index (χ2v) is 4.52. The zero-order chi connectivity index (χ0) is 7.56. The standard InChI is InChI=1S/C6H11NOS2/c1-10(8)4-5-2-3-6(9)7-5/h5H,2-4H2,1H3,(H,7,9). The molecule has 0 aromatic carbocycles. The summed E-state index contributed by atoms with van der Waals surface area (Å²) in [4.78, 5) is 0.926. The summed E-state index contributed by atoms with van der Waals surface area (Å²) < 4.78 is 10.7. The molecule has 0 spiro atoms. The van der Waals surface area contributed by atoms with E-state index in [4.69, 9.17) is 12.2 Å². The van der Waals surface area contributed by atoms with E-state index in [1.54, 1.807) is 6.26 Å². The molecule has 58 valence electrons. The van der Waals surface area contributed by atoms with Crippen molar-refractivity contribution in [3.8, 4) is 0 Å². The molecule has 0 aromatic rings. The van der Waals surface area contributed by atoms with Crippen LogP contribution in [0.4, 0.5) is 0 Å². The maximum atomic E-state index is 10.7. The Kier molecular flexibility index (Phi) is 2.80. The molecule has 1 saturated heterocycles. The van der Waals surface area contributed by atoms with E-state index >= 15 is 0 Å². The molecule has 1 aliphatic heterocycles. The van der Waals surface area contributed by atoms with Gasteiger partial charge in [-0.3, -0.25) is 4.21 Å². The second kappa shape index (κ2) is 3.44. The highest BCUT2D eigenvalue weighted by Crippen LogP contribution is 2.08. The summed E-state index contributed by atoms with van der Waals surface area (Å²) in [7, 11) is -0.692. The monoisotopic (exact) mass is 177 g/mol. The first-order valence-corrected chi connectivity index (χ1v) is 5.41. The molecule has 1 heterocycles. The van der Waals surface area contributed by atoms with Gasteiger partial charge in [0.2, 0.25) is 0 Å². The highest BCUT2D eigenvalue weighted by molar-refractivity contribution is 7.84.